The Labute approximate surface area is 201 Å². The number of benzene rings is 1. The van der Waals surface area contributed by atoms with E-state index in [9.17, 15) is 4.79 Å². The highest BCUT2D eigenvalue weighted by molar-refractivity contribution is 14.1. The summed E-state index contributed by atoms with van der Waals surface area (Å²) in [4.78, 5) is 21.4. The van der Waals surface area contributed by atoms with Crippen molar-refractivity contribution < 1.29 is 4.79 Å². The number of halogens is 1. The summed E-state index contributed by atoms with van der Waals surface area (Å²) in [5, 5.41) is 4.13. The number of amides is 1. The molecule has 1 amide bonds. The molecule has 2 heterocycles. The number of H-pyrrole nitrogens is 1. The maximum Gasteiger partial charge on any atom is 0.252 e. The van der Waals surface area contributed by atoms with Crippen LogP contribution in [0.4, 0.5) is 0 Å². The van der Waals surface area contributed by atoms with Crippen LogP contribution in [0.2, 0.25) is 0 Å². The average Bonchev–Trinajstić information content (AvgIpc) is 3.27. The van der Waals surface area contributed by atoms with Gasteiger partial charge >= 0.3 is 0 Å². The van der Waals surface area contributed by atoms with Crippen LogP contribution in [0.15, 0.2) is 71.0 Å². The molecule has 0 saturated carbocycles. The molecule has 32 heavy (non-hydrogen) atoms. The number of nitrogens with one attached hydrogen (secondary N) is 2. The molecule has 0 saturated heterocycles. The Hall–Kier alpha value is -2.97. The molecule has 0 spiro atoms. The average molecular weight is 536 g/mol. The van der Waals surface area contributed by atoms with Gasteiger partial charge in [0.2, 0.25) is 0 Å². The zero-order chi connectivity index (χ0) is 22.5. The van der Waals surface area contributed by atoms with Gasteiger partial charge in [-0.25, -0.2) is 4.98 Å². The van der Waals surface area contributed by atoms with Crippen LogP contribution in [-0.4, -0.2) is 29.0 Å². The number of rotatable bonds is 7. The van der Waals surface area contributed by atoms with Crippen LogP contribution in [0.25, 0.3) is 34.3 Å². The van der Waals surface area contributed by atoms with Crippen LogP contribution >= 0.6 is 22.6 Å². The van der Waals surface area contributed by atoms with E-state index in [2.05, 4.69) is 51.6 Å². The molecular formula is C26H25IN4O. The van der Waals surface area contributed by atoms with Crippen molar-refractivity contribution in [1.29, 1.82) is 0 Å². The topological polar surface area (TPSA) is 83.8 Å². The maximum atomic E-state index is 13.3. The molecule has 0 bridgehead atoms. The Balaban J connectivity index is 1.69. The Morgan fingerprint density at radius 3 is 2.94 bits per heavy atom. The van der Waals surface area contributed by atoms with Crippen LogP contribution in [-0.2, 0) is 0 Å². The van der Waals surface area contributed by atoms with Gasteiger partial charge in [0, 0.05) is 34.8 Å². The van der Waals surface area contributed by atoms with E-state index in [1.54, 1.807) is 6.08 Å². The molecule has 0 fully saturated rings. The lowest BCUT2D eigenvalue weighted by atomic mass is 9.96. The van der Waals surface area contributed by atoms with Gasteiger partial charge in [-0.15, -0.1) is 0 Å². The lowest BCUT2D eigenvalue weighted by molar-refractivity contribution is 0.0957. The molecule has 1 aromatic carbocycles. The number of fused-ring (bicyclic) bond motifs is 1. The molecule has 0 radical (unpaired) electrons. The number of hydrogen-bond donors (Lipinski definition) is 3. The van der Waals surface area contributed by atoms with E-state index in [0.29, 0.717) is 30.3 Å². The molecule has 5 nitrogen and oxygen atoms in total. The molecular weight excluding hydrogens is 511 g/mol. The molecule has 0 aliphatic heterocycles. The van der Waals surface area contributed by atoms with Crippen LogP contribution in [0, 0.1) is 5.92 Å². The quantitative estimate of drug-likeness (QED) is 0.351. The Bertz CT molecular complexity index is 1250. The summed E-state index contributed by atoms with van der Waals surface area (Å²) in [6, 6.07) is 9.91. The van der Waals surface area contributed by atoms with E-state index in [1.165, 1.54) is 0 Å². The molecule has 1 aliphatic carbocycles. The highest BCUT2D eigenvalue weighted by Crippen LogP contribution is 2.30. The van der Waals surface area contributed by atoms with Gasteiger partial charge in [0.25, 0.3) is 5.91 Å². The lowest BCUT2D eigenvalue weighted by Crippen LogP contribution is -2.27. The van der Waals surface area contributed by atoms with E-state index in [0.717, 1.165) is 39.7 Å². The highest BCUT2D eigenvalue weighted by Gasteiger charge is 2.18. The molecule has 4 rings (SSSR count). The lowest BCUT2D eigenvalue weighted by Gasteiger charge is -2.16. The van der Waals surface area contributed by atoms with E-state index in [1.807, 2.05) is 52.8 Å². The van der Waals surface area contributed by atoms with E-state index < -0.39 is 0 Å². The number of hydrogen-bond acceptors (Lipinski definition) is 3. The normalized spacial score (nSPS) is 15.8. The summed E-state index contributed by atoms with van der Waals surface area (Å²) in [6.45, 7) is 5.03. The van der Waals surface area contributed by atoms with Gasteiger partial charge in [0.1, 0.15) is 0 Å². The van der Waals surface area contributed by atoms with Crippen LogP contribution in [0.5, 0.6) is 0 Å². The Morgan fingerprint density at radius 2 is 2.22 bits per heavy atom. The number of carbonyl (C=O) groups excluding carboxylic acids is 1. The first-order chi connectivity index (χ1) is 15.6. The van der Waals surface area contributed by atoms with Crippen LogP contribution < -0.4 is 11.1 Å². The van der Waals surface area contributed by atoms with E-state index in [-0.39, 0.29) is 5.91 Å². The van der Waals surface area contributed by atoms with Gasteiger partial charge < -0.3 is 16.0 Å². The minimum absolute atomic E-state index is 0.142. The van der Waals surface area contributed by atoms with Crippen molar-refractivity contribution in [2.24, 2.45) is 11.7 Å². The SMILES string of the molecule is C=Cc1nc(-c2c[nH]c3ccccc23)cc(C(=O)NCC2=CCC(CN)C=C2)c1C=CI. The molecule has 2 aromatic heterocycles. The minimum atomic E-state index is -0.142. The Kier molecular flexibility index (Phi) is 7.02. The standard InChI is InChI=1S/C26H25IN4O/c1-2-23-20(11-12-27)21(26(32)30-15-18-9-7-17(14-28)8-10-18)13-25(31-23)22-16-29-24-6-4-3-5-19(22)24/h2-7,9-13,16-17,29H,1,8,14-15,28H2,(H,30,32). The second-order valence-corrected chi connectivity index (χ2v) is 8.37. The third-order valence-electron chi connectivity index (χ3n) is 5.64. The molecule has 1 atom stereocenters. The second-order valence-electron chi connectivity index (χ2n) is 7.65. The van der Waals surface area contributed by atoms with Crippen molar-refractivity contribution in [1.82, 2.24) is 15.3 Å². The van der Waals surface area contributed by atoms with Crippen molar-refractivity contribution in [2.75, 3.05) is 13.1 Å². The summed E-state index contributed by atoms with van der Waals surface area (Å²) < 4.78 is 1.88. The van der Waals surface area contributed by atoms with Gasteiger partial charge in [-0.1, -0.05) is 65.6 Å². The number of allylic oxidation sites excluding steroid dienone is 1. The summed E-state index contributed by atoms with van der Waals surface area (Å²) in [5.74, 6) is 0.236. The molecule has 1 unspecified atom stereocenters. The van der Waals surface area contributed by atoms with Crippen molar-refractivity contribution in [2.45, 2.75) is 6.42 Å². The molecule has 162 valence electrons. The number of carbonyl (C=O) groups is 1. The van der Waals surface area contributed by atoms with Crippen molar-refractivity contribution in [3.05, 3.63) is 87.8 Å². The van der Waals surface area contributed by atoms with Crippen molar-refractivity contribution >= 4 is 51.6 Å². The molecule has 3 aromatic rings. The zero-order valence-corrected chi connectivity index (χ0v) is 19.8. The number of aromatic nitrogens is 2. The smallest absolute Gasteiger partial charge is 0.252 e. The van der Waals surface area contributed by atoms with Gasteiger partial charge in [-0.2, -0.15) is 0 Å². The van der Waals surface area contributed by atoms with Gasteiger partial charge in [-0.3, -0.25) is 4.79 Å². The van der Waals surface area contributed by atoms with Gasteiger partial charge in [0.05, 0.1) is 17.0 Å². The third-order valence-corrected chi connectivity index (χ3v) is 6.00. The third kappa shape index (κ3) is 4.61. The summed E-state index contributed by atoms with van der Waals surface area (Å²) in [7, 11) is 0. The predicted octanol–water partition coefficient (Wildman–Crippen LogP) is 5.47. The number of aromatic amines is 1. The summed E-state index contributed by atoms with van der Waals surface area (Å²) in [5.41, 5.74) is 11.5. The number of nitrogens with two attached hydrogens (primary N) is 1. The number of nitrogens with zero attached hydrogens (tertiary/aromatic N) is 1. The predicted molar refractivity (Wildman–Crippen MR) is 141 cm³/mol. The zero-order valence-electron chi connectivity index (χ0n) is 17.6. The number of pyridine rings is 1. The molecule has 4 N–H and O–H groups in total. The number of para-hydroxylation sites is 1. The fraction of sp³-hybridized carbons (Fsp3) is 0.154. The van der Waals surface area contributed by atoms with E-state index in [4.69, 9.17) is 10.7 Å². The van der Waals surface area contributed by atoms with Crippen LogP contribution in [0.3, 0.4) is 0 Å². The van der Waals surface area contributed by atoms with Crippen LogP contribution in [0.1, 0.15) is 28.0 Å². The fourth-order valence-corrected chi connectivity index (χ4v) is 4.23. The maximum absolute atomic E-state index is 13.3. The summed E-state index contributed by atoms with van der Waals surface area (Å²) in [6.07, 6.45) is 12.7. The first kappa shape index (κ1) is 22.2. The molecule has 1 aliphatic rings. The minimum Gasteiger partial charge on any atom is -0.360 e. The van der Waals surface area contributed by atoms with Gasteiger partial charge in [0.15, 0.2) is 0 Å². The summed E-state index contributed by atoms with van der Waals surface area (Å²) >= 11 is 2.15. The fourth-order valence-electron chi connectivity index (χ4n) is 3.87. The highest BCUT2D eigenvalue weighted by atomic mass is 127. The largest absolute Gasteiger partial charge is 0.360 e. The van der Waals surface area contributed by atoms with Gasteiger partial charge in [-0.05, 0) is 52.8 Å². The van der Waals surface area contributed by atoms with Crippen molar-refractivity contribution in [3.63, 3.8) is 0 Å². The second kappa shape index (κ2) is 10.1. The first-order valence-electron chi connectivity index (χ1n) is 10.5. The first-order valence-corrected chi connectivity index (χ1v) is 11.8. The van der Waals surface area contributed by atoms with Crippen molar-refractivity contribution in [3.8, 4) is 11.3 Å². The monoisotopic (exact) mass is 536 g/mol. The molecule has 6 heteroatoms. The Morgan fingerprint density at radius 1 is 1.38 bits per heavy atom. The van der Waals surface area contributed by atoms with E-state index >= 15 is 0 Å².